The SMILES string of the molecule is COC(=O)NC1CC(CC2CC2)CN(C2CCC2C)C1. The summed E-state index contributed by atoms with van der Waals surface area (Å²) in [6.45, 7) is 4.61. The second-order valence-corrected chi connectivity index (χ2v) is 7.19. The third-order valence-electron chi connectivity index (χ3n) is 5.48. The molecule has 4 heteroatoms. The summed E-state index contributed by atoms with van der Waals surface area (Å²) < 4.78 is 4.77. The summed E-state index contributed by atoms with van der Waals surface area (Å²) in [6.07, 6.45) is 7.76. The molecule has 3 aliphatic rings. The summed E-state index contributed by atoms with van der Waals surface area (Å²) in [4.78, 5) is 14.1. The van der Waals surface area contributed by atoms with E-state index >= 15 is 0 Å². The van der Waals surface area contributed by atoms with Gasteiger partial charge in [-0.15, -0.1) is 0 Å². The van der Waals surface area contributed by atoms with E-state index in [9.17, 15) is 4.79 Å². The number of amides is 1. The monoisotopic (exact) mass is 280 g/mol. The van der Waals surface area contributed by atoms with Crippen LogP contribution in [0.2, 0.25) is 0 Å². The molecule has 1 aliphatic heterocycles. The maximum atomic E-state index is 11.5. The number of ether oxygens (including phenoxy) is 1. The minimum absolute atomic E-state index is 0.271. The van der Waals surface area contributed by atoms with E-state index < -0.39 is 0 Å². The summed E-state index contributed by atoms with van der Waals surface area (Å²) in [5.74, 6) is 2.55. The predicted octanol–water partition coefficient (Wildman–Crippen LogP) is 2.63. The standard InChI is InChI=1S/C16H28N2O2/c1-11-3-6-15(11)18-9-13(7-12-4-5-12)8-14(10-18)17-16(19)20-2/h11-15H,3-10H2,1-2H3,(H,17,19). The van der Waals surface area contributed by atoms with Crippen molar-refractivity contribution in [1.82, 2.24) is 10.2 Å². The lowest BCUT2D eigenvalue weighted by atomic mass is 9.77. The van der Waals surface area contributed by atoms with Crippen LogP contribution in [-0.2, 0) is 4.74 Å². The van der Waals surface area contributed by atoms with E-state index in [4.69, 9.17) is 4.74 Å². The Morgan fingerprint density at radius 1 is 1.20 bits per heavy atom. The van der Waals surface area contributed by atoms with Gasteiger partial charge in [-0.3, -0.25) is 4.90 Å². The first-order chi connectivity index (χ1) is 9.65. The Kier molecular flexibility index (Phi) is 4.20. The average Bonchev–Trinajstić information content (AvgIpc) is 3.20. The van der Waals surface area contributed by atoms with Crippen LogP contribution < -0.4 is 5.32 Å². The quantitative estimate of drug-likeness (QED) is 0.860. The molecule has 1 amide bonds. The van der Waals surface area contributed by atoms with E-state index in [1.807, 2.05) is 0 Å². The zero-order valence-electron chi connectivity index (χ0n) is 12.8. The van der Waals surface area contributed by atoms with Gasteiger partial charge in [0.15, 0.2) is 0 Å². The number of nitrogens with one attached hydrogen (secondary N) is 1. The molecule has 3 fully saturated rings. The lowest BCUT2D eigenvalue weighted by molar-refractivity contribution is 0.0201. The molecule has 0 radical (unpaired) electrons. The smallest absolute Gasteiger partial charge is 0.407 e. The van der Waals surface area contributed by atoms with Gasteiger partial charge >= 0.3 is 6.09 Å². The lowest BCUT2D eigenvalue weighted by Crippen LogP contribution is -2.57. The Morgan fingerprint density at radius 2 is 2.00 bits per heavy atom. The highest BCUT2D eigenvalue weighted by atomic mass is 16.5. The molecule has 0 aromatic rings. The van der Waals surface area contributed by atoms with Crippen LogP contribution in [0.3, 0.4) is 0 Å². The highest BCUT2D eigenvalue weighted by Gasteiger charge is 2.39. The van der Waals surface area contributed by atoms with Crippen molar-refractivity contribution >= 4 is 6.09 Å². The largest absolute Gasteiger partial charge is 0.453 e. The van der Waals surface area contributed by atoms with Crippen molar-refractivity contribution in [3.05, 3.63) is 0 Å². The molecule has 4 unspecified atom stereocenters. The topological polar surface area (TPSA) is 41.6 Å². The number of hydrogen-bond acceptors (Lipinski definition) is 3. The molecule has 0 aromatic heterocycles. The number of methoxy groups -OCH3 is 1. The Hall–Kier alpha value is -0.770. The first kappa shape index (κ1) is 14.2. The number of alkyl carbamates (subject to hydrolysis) is 1. The van der Waals surface area contributed by atoms with Crippen LogP contribution in [0.15, 0.2) is 0 Å². The molecule has 20 heavy (non-hydrogen) atoms. The minimum atomic E-state index is -0.274. The van der Waals surface area contributed by atoms with Crippen LogP contribution in [-0.4, -0.2) is 43.3 Å². The third-order valence-corrected chi connectivity index (χ3v) is 5.48. The van der Waals surface area contributed by atoms with Crippen molar-refractivity contribution in [2.24, 2.45) is 17.8 Å². The molecule has 2 saturated carbocycles. The number of carbonyl (C=O) groups is 1. The summed E-state index contributed by atoms with van der Waals surface area (Å²) in [5, 5.41) is 3.04. The number of carbonyl (C=O) groups excluding carboxylic acids is 1. The Bertz CT molecular complexity index is 356. The van der Waals surface area contributed by atoms with Gasteiger partial charge in [-0.2, -0.15) is 0 Å². The molecule has 4 atom stereocenters. The number of nitrogens with zero attached hydrogens (tertiary/aromatic N) is 1. The second-order valence-electron chi connectivity index (χ2n) is 7.19. The van der Waals surface area contributed by atoms with E-state index in [-0.39, 0.29) is 12.1 Å². The summed E-state index contributed by atoms with van der Waals surface area (Å²) in [5.41, 5.74) is 0. The van der Waals surface area contributed by atoms with Crippen molar-refractivity contribution in [1.29, 1.82) is 0 Å². The molecule has 0 aromatic carbocycles. The van der Waals surface area contributed by atoms with Gasteiger partial charge in [0.2, 0.25) is 0 Å². The summed E-state index contributed by atoms with van der Waals surface area (Å²) >= 11 is 0. The first-order valence-electron chi connectivity index (χ1n) is 8.24. The number of piperidine rings is 1. The van der Waals surface area contributed by atoms with E-state index in [1.54, 1.807) is 0 Å². The van der Waals surface area contributed by atoms with Crippen molar-refractivity contribution in [3.63, 3.8) is 0 Å². The van der Waals surface area contributed by atoms with Crippen LogP contribution in [0, 0.1) is 17.8 Å². The Morgan fingerprint density at radius 3 is 2.55 bits per heavy atom. The molecule has 2 aliphatic carbocycles. The third kappa shape index (κ3) is 3.27. The van der Waals surface area contributed by atoms with E-state index in [0.717, 1.165) is 36.8 Å². The van der Waals surface area contributed by atoms with E-state index in [2.05, 4.69) is 17.1 Å². The number of hydrogen-bond donors (Lipinski definition) is 1. The van der Waals surface area contributed by atoms with Gasteiger partial charge in [0.1, 0.15) is 0 Å². The Labute approximate surface area is 122 Å². The molecule has 1 heterocycles. The van der Waals surface area contributed by atoms with Gasteiger partial charge in [-0.25, -0.2) is 4.79 Å². The van der Waals surface area contributed by atoms with Gasteiger partial charge in [0.05, 0.1) is 7.11 Å². The van der Waals surface area contributed by atoms with E-state index in [0.29, 0.717) is 0 Å². The molecule has 1 N–H and O–H groups in total. The molecule has 114 valence electrons. The summed E-state index contributed by atoms with van der Waals surface area (Å²) in [7, 11) is 1.45. The average molecular weight is 280 g/mol. The van der Waals surface area contributed by atoms with Crippen LogP contribution in [0.4, 0.5) is 4.79 Å². The maximum Gasteiger partial charge on any atom is 0.407 e. The van der Waals surface area contributed by atoms with Crippen molar-refractivity contribution in [3.8, 4) is 0 Å². The maximum absolute atomic E-state index is 11.5. The molecule has 0 bridgehead atoms. The van der Waals surface area contributed by atoms with Crippen LogP contribution in [0.1, 0.15) is 45.4 Å². The number of rotatable bonds is 4. The molecular weight excluding hydrogens is 252 g/mol. The Balaban J connectivity index is 1.59. The van der Waals surface area contributed by atoms with Gasteiger partial charge in [0.25, 0.3) is 0 Å². The zero-order chi connectivity index (χ0) is 14.1. The second kappa shape index (κ2) is 5.92. The molecule has 4 nitrogen and oxygen atoms in total. The van der Waals surface area contributed by atoms with Gasteiger partial charge in [-0.05, 0) is 43.4 Å². The van der Waals surface area contributed by atoms with Crippen LogP contribution >= 0.6 is 0 Å². The first-order valence-corrected chi connectivity index (χ1v) is 8.24. The van der Waals surface area contributed by atoms with Gasteiger partial charge in [-0.1, -0.05) is 19.8 Å². The fraction of sp³-hybridized carbons (Fsp3) is 0.938. The molecule has 1 saturated heterocycles. The van der Waals surface area contributed by atoms with Crippen molar-refractivity contribution in [2.75, 3.05) is 20.2 Å². The van der Waals surface area contributed by atoms with Crippen molar-refractivity contribution in [2.45, 2.75) is 57.5 Å². The highest BCUT2D eigenvalue weighted by Crippen LogP contribution is 2.40. The van der Waals surface area contributed by atoms with Crippen LogP contribution in [0.25, 0.3) is 0 Å². The van der Waals surface area contributed by atoms with Gasteiger partial charge in [0, 0.05) is 25.2 Å². The zero-order valence-corrected chi connectivity index (χ0v) is 12.8. The van der Waals surface area contributed by atoms with Crippen LogP contribution in [0.5, 0.6) is 0 Å². The minimum Gasteiger partial charge on any atom is -0.453 e. The van der Waals surface area contributed by atoms with Gasteiger partial charge < -0.3 is 10.1 Å². The molecule has 0 spiro atoms. The lowest BCUT2D eigenvalue weighted by Gasteiger charge is -2.48. The fourth-order valence-electron chi connectivity index (χ4n) is 4.03. The highest BCUT2D eigenvalue weighted by molar-refractivity contribution is 5.67. The van der Waals surface area contributed by atoms with E-state index in [1.165, 1.54) is 45.8 Å². The fourth-order valence-corrected chi connectivity index (χ4v) is 4.03. The molecule has 3 rings (SSSR count). The number of likely N-dealkylation sites (tertiary alicyclic amines) is 1. The molecular formula is C16H28N2O2. The normalized spacial score (nSPS) is 38.1. The summed E-state index contributed by atoms with van der Waals surface area (Å²) in [6, 6.07) is 1.02. The predicted molar refractivity (Wildman–Crippen MR) is 78.5 cm³/mol. The van der Waals surface area contributed by atoms with Crippen molar-refractivity contribution < 1.29 is 9.53 Å².